The topological polar surface area (TPSA) is 49.2 Å². The van der Waals surface area contributed by atoms with E-state index in [2.05, 4.69) is 25.7 Å². The monoisotopic (exact) mass is 599 g/mol. The van der Waals surface area contributed by atoms with E-state index in [0.717, 1.165) is 47.6 Å². The van der Waals surface area contributed by atoms with Crippen LogP contribution in [-0.4, -0.2) is 52.6 Å². The van der Waals surface area contributed by atoms with Crippen molar-refractivity contribution >= 4 is 28.0 Å². The van der Waals surface area contributed by atoms with E-state index < -0.39 is 30.1 Å². The van der Waals surface area contributed by atoms with Crippen molar-refractivity contribution in [2.75, 3.05) is 18.0 Å². The van der Waals surface area contributed by atoms with Gasteiger partial charge >= 0.3 is 213 Å². The molecule has 3 rings (SSSR count). The van der Waals surface area contributed by atoms with Crippen molar-refractivity contribution in [2.45, 2.75) is 91.3 Å². The van der Waals surface area contributed by atoms with Gasteiger partial charge in [-0.15, -0.1) is 0 Å². The van der Waals surface area contributed by atoms with Gasteiger partial charge in [-0.2, -0.15) is 0 Å². The van der Waals surface area contributed by atoms with Gasteiger partial charge in [0.05, 0.1) is 0 Å². The second-order valence-corrected chi connectivity index (χ2v) is 22.9. The maximum atomic E-state index is 13.2. The van der Waals surface area contributed by atoms with Gasteiger partial charge in [0.2, 0.25) is 0 Å². The predicted octanol–water partition coefficient (Wildman–Crippen LogP) is 6.79. The van der Waals surface area contributed by atoms with Crippen LogP contribution in [0.4, 0.5) is 19.0 Å². The van der Waals surface area contributed by atoms with E-state index >= 15 is 0 Å². The molecule has 1 saturated heterocycles. The Morgan fingerprint density at radius 1 is 0.943 bits per heavy atom. The summed E-state index contributed by atoms with van der Waals surface area (Å²) >= 11 is -2.99. The van der Waals surface area contributed by atoms with Crippen molar-refractivity contribution in [1.82, 2.24) is 9.97 Å². The molecule has 1 fully saturated rings. The molecule has 35 heavy (non-hydrogen) atoms. The van der Waals surface area contributed by atoms with Gasteiger partial charge < -0.3 is 0 Å². The average Bonchev–Trinajstić information content (AvgIpc) is 3.29. The Morgan fingerprint density at radius 2 is 1.51 bits per heavy atom. The number of hydrogen-bond acceptors (Lipinski definition) is 4. The van der Waals surface area contributed by atoms with Gasteiger partial charge in [-0.25, -0.2) is 0 Å². The summed E-state index contributed by atoms with van der Waals surface area (Å²) in [7, 11) is 0. The molecule has 194 valence electrons. The molecule has 1 N–H and O–H groups in total. The van der Waals surface area contributed by atoms with Crippen molar-refractivity contribution in [1.29, 1.82) is 0 Å². The number of halogens is 3. The van der Waals surface area contributed by atoms with E-state index in [1.807, 2.05) is 6.07 Å². The summed E-state index contributed by atoms with van der Waals surface area (Å²) < 4.78 is 44.1. The standard InChI is InChI=1S/C15H13F3N3O.3C4H9.Sn/c16-15(17,18)11-3-1-10(2-4-11)13-7-14(20-9-19-13)21-6-5-12(22)8-21;3*1-3-4-2;/h1-4,7,12,22H,5-6,8H2;3*1,3-4H2,2H3;/t12-;;;;/m0..../s1. The van der Waals surface area contributed by atoms with Crippen molar-refractivity contribution in [2.24, 2.45) is 0 Å². The van der Waals surface area contributed by atoms with Crippen LogP contribution >= 0.6 is 0 Å². The number of alkyl halides is 3. The molecule has 1 aromatic carbocycles. The molecule has 0 bridgehead atoms. The Hall–Kier alpha value is -1.35. The number of unbranched alkanes of at least 4 members (excludes halogenated alkanes) is 3. The fraction of sp³-hybridized carbons (Fsp3) is 0.630. The van der Waals surface area contributed by atoms with Crippen LogP contribution in [0.5, 0.6) is 0 Å². The minimum absolute atomic E-state index is 0.378. The van der Waals surface area contributed by atoms with Crippen LogP contribution in [0, 0.1) is 0 Å². The summed E-state index contributed by atoms with van der Waals surface area (Å²) in [5, 5.41) is 10.2. The first-order valence-electron chi connectivity index (χ1n) is 13.2. The number of β-amino-alcohol motifs (C(OH)–C–C–N with tert-alkyl or cyclic N) is 1. The number of benzene rings is 1. The summed E-state index contributed by atoms with van der Waals surface area (Å²) in [4.78, 5) is 12.4. The Labute approximate surface area is 212 Å². The van der Waals surface area contributed by atoms with Crippen LogP contribution in [0.15, 0.2) is 30.3 Å². The fourth-order valence-electron chi connectivity index (χ4n) is 5.02. The molecule has 0 amide bonds. The molecular formula is C27H40F3N3OSn. The van der Waals surface area contributed by atoms with Crippen molar-refractivity contribution in [3.63, 3.8) is 0 Å². The van der Waals surface area contributed by atoms with E-state index in [1.54, 1.807) is 0 Å². The van der Waals surface area contributed by atoms with Crippen molar-refractivity contribution < 1.29 is 18.3 Å². The van der Waals surface area contributed by atoms with Gasteiger partial charge in [-0.3, -0.25) is 0 Å². The van der Waals surface area contributed by atoms with Gasteiger partial charge in [0, 0.05) is 0 Å². The van der Waals surface area contributed by atoms with E-state index in [0.29, 0.717) is 24.2 Å². The van der Waals surface area contributed by atoms with Crippen LogP contribution in [-0.2, 0) is 6.18 Å². The van der Waals surface area contributed by atoms with Gasteiger partial charge in [0.15, 0.2) is 0 Å². The Bertz CT molecular complexity index is 914. The quantitative estimate of drug-likeness (QED) is 0.274. The van der Waals surface area contributed by atoms with Gasteiger partial charge in [-0.1, -0.05) is 0 Å². The molecule has 8 heteroatoms. The fourth-order valence-corrected chi connectivity index (χ4v) is 19.9. The third-order valence-electron chi connectivity index (χ3n) is 7.21. The van der Waals surface area contributed by atoms with Crippen molar-refractivity contribution in [3.8, 4) is 11.3 Å². The summed E-state index contributed by atoms with van der Waals surface area (Å²) in [5.74, 6) is 0.812. The molecular weight excluding hydrogens is 558 g/mol. The number of rotatable bonds is 12. The van der Waals surface area contributed by atoms with Crippen LogP contribution in [0.25, 0.3) is 11.3 Å². The number of aliphatic hydroxyl groups is 1. The SMILES string of the molecule is CCC[CH2][Sn]([CH2]CCC)([CH2]CCC)[c]1nc(-c2ccc(C(F)(F)F)cc2)cc(N2CC[C@H](O)C2)n1. The molecule has 4 nitrogen and oxygen atoms in total. The predicted molar refractivity (Wildman–Crippen MR) is 140 cm³/mol. The number of aromatic nitrogens is 2. The Kier molecular flexibility index (Phi) is 10.3. The summed E-state index contributed by atoms with van der Waals surface area (Å²) in [6.07, 6.45) is 2.90. The molecule has 0 radical (unpaired) electrons. The first-order chi connectivity index (χ1) is 16.7. The number of anilines is 1. The first kappa shape index (κ1) is 28.2. The molecule has 1 aliphatic heterocycles. The zero-order valence-electron chi connectivity index (χ0n) is 21.4. The van der Waals surface area contributed by atoms with E-state index in [1.165, 1.54) is 44.7 Å². The normalized spacial score (nSPS) is 16.8. The second kappa shape index (κ2) is 12.7. The molecule has 0 spiro atoms. The van der Waals surface area contributed by atoms with Crippen LogP contribution in [0.2, 0.25) is 13.3 Å². The molecule has 1 aromatic heterocycles. The molecule has 0 aliphatic carbocycles. The van der Waals surface area contributed by atoms with Crippen LogP contribution in [0.1, 0.15) is 71.3 Å². The van der Waals surface area contributed by atoms with Gasteiger partial charge in [0.25, 0.3) is 0 Å². The Morgan fingerprint density at radius 3 is 1.97 bits per heavy atom. The third-order valence-corrected chi connectivity index (χ3v) is 21.8. The number of hydrogen-bond donors (Lipinski definition) is 1. The zero-order chi connectivity index (χ0) is 25.5. The van der Waals surface area contributed by atoms with Gasteiger partial charge in [0.1, 0.15) is 0 Å². The molecule has 2 heterocycles. The average molecular weight is 598 g/mol. The van der Waals surface area contributed by atoms with Gasteiger partial charge in [-0.05, 0) is 0 Å². The summed E-state index contributed by atoms with van der Waals surface area (Å²) in [6, 6.07) is 7.23. The first-order valence-corrected chi connectivity index (χ1v) is 20.7. The molecule has 0 unspecified atom stereocenters. The summed E-state index contributed by atoms with van der Waals surface area (Å²) in [6.45, 7) is 7.95. The minimum atomic E-state index is -4.36. The second-order valence-electron chi connectivity index (χ2n) is 9.99. The van der Waals surface area contributed by atoms with E-state index in [9.17, 15) is 18.3 Å². The van der Waals surface area contributed by atoms with E-state index in [-0.39, 0.29) is 6.10 Å². The molecule has 0 saturated carbocycles. The molecule has 1 atom stereocenters. The number of aliphatic hydroxyl groups excluding tert-OH is 1. The van der Waals surface area contributed by atoms with Crippen LogP contribution in [0.3, 0.4) is 0 Å². The van der Waals surface area contributed by atoms with Crippen molar-refractivity contribution in [3.05, 3.63) is 35.9 Å². The number of nitrogens with zero attached hydrogens (tertiary/aromatic N) is 3. The molecule has 1 aliphatic rings. The maximum absolute atomic E-state index is 13.2. The third kappa shape index (κ3) is 7.34. The molecule has 2 aromatic rings. The Balaban J connectivity index is 2.13. The summed E-state index contributed by atoms with van der Waals surface area (Å²) in [5.41, 5.74) is 0.732. The zero-order valence-corrected chi connectivity index (χ0v) is 24.2. The van der Waals surface area contributed by atoms with Crippen LogP contribution < -0.4 is 8.74 Å². The van der Waals surface area contributed by atoms with E-state index in [4.69, 9.17) is 9.97 Å².